The van der Waals surface area contributed by atoms with Crippen LogP contribution < -0.4 is 5.32 Å². The fourth-order valence-electron chi connectivity index (χ4n) is 3.39. The average molecular weight is 563 g/mol. The smallest absolute Gasteiger partial charge is 0.353 e. The second kappa shape index (κ2) is 11.6. The van der Waals surface area contributed by atoms with Gasteiger partial charge in [-0.1, -0.05) is 24.3 Å². The number of hydrogen-bond acceptors (Lipinski definition) is 4. The second-order valence-corrected chi connectivity index (χ2v) is 7.49. The summed E-state index contributed by atoms with van der Waals surface area (Å²) in [7, 11) is 1.91. The van der Waals surface area contributed by atoms with E-state index in [2.05, 4.69) is 31.9 Å². The van der Waals surface area contributed by atoms with Crippen LogP contribution in [0.15, 0.2) is 41.9 Å². The maximum atomic E-state index is 13.0. The minimum absolute atomic E-state index is 0. The van der Waals surface area contributed by atoms with E-state index < -0.39 is 11.7 Å². The van der Waals surface area contributed by atoms with Gasteiger partial charge in [0.25, 0.3) is 0 Å². The van der Waals surface area contributed by atoms with Crippen molar-refractivity contribution in [2.45, 2.75) is 26.2 Å². The predicted molar refractivity (Wildman–Crippen MR) is 129 cm³/mol. The number of guanidine groups is 1. The predicted octanol–water partition coefficient (Wildman–Crippen LogP) is 3.21. The van der Waals surface area contributed by atoms with Crippen molar-refractivity contribution >= 4 is 29.9 Å². The first-order valence-corrected chi connectivity index (χ1v) is 10.2. The molecule has 0 bridgehead atoms. The Balaban J connectivity index is 0.00000363. The van der Waals surface area contributed by atoms with Gasteiger partial charge in [0.15, 0.2) is 11.8 Å². The van der Waals surface area contributed by atoms with Crippen LogP contribution in [0.5, 0.6) is 0 Å². The Hall–Kier alpha value is -2.15. The van der Waals surface area contributed by atoms with Crippen molar-refractivity contribution in [1.29, 1.82) is 0 Å². The molecule has 1 aliphatic heterocycles. The van der Waals surface area contributed by atoms with Crippen LogP contribution in [-0.4, -0.2) is 63.2 Å². The number of hydrogen-bond donors (Lipinski definition) is 1. The number of benzene rings is 1. The van der Waals surface area contributed by atoms with E-state index >= 15 is 0 Å². The minimum atomic E-state index is -4.32. The molecule has 32 heavy (non-hydrogen) atoms. The van der Waals surface area contributed by atoms with Crippen molar-refractivity contribution in [2.24, 2.45) is 12.0 Å². The highest BCUT2D eigenvalue weighted by Gasteiger charge is 2.30. The number of nitrogens with zero attached hydrogens (tertiary/aromatic N) is 6. The van der Waals surface area contributed by atoms with Gasteiger partial charge in [0.1, 0.15) is 12.4 Å². The quantitative estimate of drug-likeness (QED) is 0.253. The normalized spacial score (nSPS) is 15.4. The van der Waals surface area contributed by atoms with E-state index in [0.29, 0.717) is 25.2 Å². The Labute approximate surface area is 203 Å². The zero-order valence-corrected chi connectivity index (χ0v) is 20.6. The summed E-state index contributed by atoms with van der Waals surface area (Å²) in [5, 5.41) is 11.5. The van der Waals surface area contributed by atoms with Crippen molar-refractivity contribution in [3.8, 4) is 0 Å². The molecule has 0 radical (unpaired) electrons. The zero-order valence-electron chi connectivity index (χ0n) is 18.3. The van der Waals surface area contributed by atoms with Crippen molar-refractivity contribution < 1.29 is 13.2 Å². The number of halogens is 4. The first kappa shape index (κ1) is 26.1. The Kier molecular flexibility index (Phi) is 9.49. The molecule has 1 N–H and O–H groups in total. The molecule has 1 aromatic heterocycles. The highest BCUT2D eigenvalue weighted by molar-refractivity contribution is 14.0. The number of piperazine rings is 1. The van der Waals surface area contributed by atoms with Gasteiger partial charge in [-0.3, -0.25) is 4.90 Å². The lowest BCUT2D eigenvalue weighted by Gasteiger charge is -2.36. The highest BCUT2D eigenvalue weighted by atomic mass is 127. The van der Waals surface area contributed by atoms with Crippen LogP contribution in [0.3, 0.4) is 0 Å². The summed E-state index contributed by atoms with van der Waals surface area (Å²) in [5.74, 6) is 2.37. The van der Waals surface area contributed by atoms with E-state index in [1.165, 1.54) is 12.1 Å². The Morgan fingerprint density at radius 2 is 1.94 bits per heavy atom. The van der Waals surface area contributed by atoms with Crippen LogP contribution in [-0.2, 0) is 26.3 Å². The third kappa shape index (κ3) is 6.92. The number of alkyl halides is 3. The van der Waals surface area contributed by atoms with Gasteiger partial charge in [-0.25, -0.2) is 4.99 Å². The maximum absolute atomic E-state index is 13.0. The van der Waals surface area contributed by atoms with Crippen molar-refractivity contribution in [3.05, 3.63) is 59.7 Å². The molecule has 2 heterocycles. The summed E-state index contributed by atoms with van der Waals surface area (Å²) in [6.07, 6.45) is -2.55. The average Bonchev–Trinajstić information content (AvgIpc) is 3.06. The Morgan fingerprint density at radius 1 is 1.22 bits per heavy atom. The van der Waals surface area contributed by atoms with Gasteiger partial charge in [-0.2, -0.15) is 13.2 Å². The summed E-state index contributed by atoms with van der Waals surface area (Å²) in [4.78, 5) is 9.00. The maximum Gasteiger partial charge on any atom is 0.416 e. The van der Waals surface area contributed by atoms with Crippen LogP contribution in [0, 0.1) is 6.92 Å². The third-order valence-electron chi connectivity index (χ3n) is 5.29. The second-order valence-electron chi connectivity index (χ2n) is 7.49. The topological polar surface area (TPSA) is 61.6 Å². The van der Waals surface area contributed by atoms with Gasteiger partial charge in [0, 0.05) is 46.3 Å². The van der Waals surface area contributed by atoms with Gasteiger partial charge in [0.2, 0.25) is 0 Å². The fraction of sp³-hybridized carbons (Fsp3) is 0.476. The van der Waals surface area contributed by atoms with Gasteiger partial charge >= 0.3 is 6.18 Å². The molecule has 0 atom stereocenters. The summed E-state index contributed by atoms with van der Waals surface area (Å²) in [5.41, 5.74) is 0.0605. The lowest BCUT2D eigenvalue weighted by molar-refractivity contribution is -0.137. The van der Waals surface area contributed by atoms with Crippen LogP contribution >= 0.6 is 24.0 Å². The molecular formula is C21H29F3IN7. The molecule has 1 saturated heterocycles. The van der Waals surface area contributed by atoms with E-state index in [9.17, 15) is 13.2 Å². The highest BCUT2D eigenvalue weighted by Crippen LogP contribution is 2.29. The largest absolute Gasteiger partial charge is 0.416 e. The molecule has 2 aromatic rings. The standard InChI is InChI=1S/C21H28F3N7.HI/c1-4-8-25-20(26-14-19-28-27-16(2)29(19)3)31-11-9-30(10-12-31)15-17-6-5-7-18(13-17)21(22,23)24;/h4-7,13H,1,8-12,14-15H2,2-3H3,(H,25,26);1H. The molecule has 0 spiro atoms. The van der Waals surface area contributed by atoms with E-state index in [0.717, 1.165) is 49.9 Å². The minimum Gasteiger partial charge on any atom is -0.353 e. The van der Waals surface area contributed by atoms with Crippen molar-refractivity contribution in [1.82, 2.24) is 29.9 Å². The zero-order chi connectivity index (χ0) is 22.4. The van der Waals surface area contributed by atoms with Gasteiger partial charge in [-0.05, 0) is 18.6 Å². The van der Waals surface area contributed by atoms with Crippen LogP contribution in [0.2, 0.25) is 0 Å². The molecule has 176 valence electrons. The lowest BCUT2D eigenvalue weighted by atomic mass is 10.1. The van der Waals surface area contributed by atoms with Gasteiger partial charge < -0.3 is 14.8 Å². The monoisotopic (exact) mass is 563 g/mol. The molecule has 3 rings (SSSR count). The van der Waals surface area contributed by atoms with Gasteiger partial charge in [-0.15, -0.1) is 40.8 Å². The van der Waals surface area contributed by atoms with E-state index in [1.54, 1.807) is 12.1 Å². The summed E-state index contributed by atoms with van der Waals surface area (Å²) in [6, 6.07) is 5.54. The van der Waals surface area contributed by atoms with Crippen molar-refractivity contribution in [3.63, 3.8) is 0 Å². The van der Waals surface area contributed by atoms with Crippen LogP contribution in [0.25, 0.3) is 0 Å². The van der Waals surface area contributed by atoms with E-state index in [1.807, 2.05) is 18.5 Å². The molecular weight excluding hydrogens is 534 g/mol. The Bertz CT molecular complexity index is 918. The van der Waals surface area contributed by atoms with Crippen molar-refractivity contribution in [2.75, 3.05) is 32.7 Å². The number of aromatic nitrogens is 3. The SMILES string of the molecule is C=CCNC(=NCc1nnc(C)n1C)N1CCN(Cc2cccc(C(F)(F)F)c2)CC1.I. The first-order valence-electron chi connectivity index (χ1n) is 10.2. The summed E-state index contributed by atoms with van der Waals surface area (Å²) >= 11 is 0. The first-order chi connectivity index (χ1) is 14.8. The molecule has 1 fully saturated rings. The molecule has 1 aromatic carbocycles. The molecule has 11 heteroatoms. The Morgan fingerprint density at radius 3 is 2.53 bits per heavy atom. The molecule has 7 nitrogen and oxygen atoms in total. The summed E-state index contributed by atoms with van der Waals surface area (Å²) in [6.45, 7) is 10.0. The molecule has 0 aliphatic carbocycles. The van der Waals surface area contributed by atoms with Crippen LogP contribution in [0.1, 0.15) is 22.8 Å². The number of nitrogens with one attached hydrogen (secondary N) is 1. The van der Waals surface area contributed by atoms with Gasteiger partial charge in [0.05, 0.1) is 5.56 Å². The number of aryl methyl sites for hydroxylation is 1. The fourth-order valence-corrected chi connectivity index (χ4v) is 3.39. The lowest BCUT2D eigenvalue weighted by Crippen LogP contribution is -2.52. The third-order valence-corrected chi connectivity index (χ3v) is 5.29. The molecule has 0 saturated carbocycles. The number of aliphatic imine (C=N–C) groups is 1. The van der Waals surface area contributed by atoms with Crippen LogP contribution in [0.4, 0.5) is 13.2 Å². The number of rotatable bonds is 6. The molecule has 0 amide bonds. The molecule has 0 unspecified atom stereocenters. The molecule has 1 aliphatic rings. The van der Waals surface area contributed by atoms with E-state index in [-0.39, 0.29) is 24.0 Å². The van der Waals surface area contributed by atoms with E-state index in [4.69, 9.17) is 4.99 Å². The summed E-state index contributed by atoms with van der Waals surface area (Å²) < 4.78 is 40.8.